The molecule has 1 aromatic heterocycles. The highest BCUT2D eigenvalue weighted by molar-refractivity contribution is 6.17. The number of hydrogen-bond acceptors (Lipinski definition) is 5. The average molecular weight is 411 g/mol. The number of carbonyl (C=O) groups is 2. The van der Waals surface area contributed by atoms with Gasteiger partial charge in [-0.15, -0.1) is 0 Å². The lowest BCUT2D eigenvalue weighted by Gasteiger charge is -2.38. The van der Waals surface area contributed by atoms with Crippen LogP contribution in [0.25, 0.3) is 0 Å². The van der Waals surface area contributed by atoms with Gasteiger partial charge in [-0.25, -0.2) is 0 Å². The lowest BCUT2D eigenvalue weighted by Crippen LogP contribution is -2.53. The number of aromatic nitrogens is 2. The van der Waals surface area contributed by atoms with Crippen molar-refractivity contribution in [1.82, 2.24) is 19.6 Å². The Morgan fingerprint density at radius 2 is 1.97 bits per heavy atom. The molecule has 2 aliphatic heterocycles. The van der Waals surface area contributed by atoms with Gasteiger partial charge in [-0.2, -0.15) is 5.10 Å². The largest absolute Gasteiger partial charge is 0.319 e. The number of fused-ring (bicyclic) bond motifs is 2. The Morgan fingerprint density at radius 1 is 1.23 bits per heavy atom. The number of nitrogens with one attached hydrogen (secondary N) is 1. The molecular weight excluding hydrogens is 380 g/mol. The van der Waals surface area contributed by atoms with E-state index in [4.69, 9.17) is 0 Å². The van der Waals surface area contributed by atoms with Gasteiger partial charge in [0.2, 0.25) is 5.91 Å². The van der Waals surface area contributed by atoms with E-state index in [1.54, 1.807) is 16.6 Å². The van der Waals surface area contributed by atoms with Gasteiger partial charge in [0.1, 0.15) is 5.69 Å². The third-order valence-corrected chi connectivity index (χ3v) is 5.98. The summed E-state index contributed by atoms with van der Waals surface area (Å²) in [7, 11) is 3.86. The van der Waals surface area contributed by atoms with Crippen molar-refractivity contribution in [2.24, 2.45) is 7.05 Å². The number of aryl methyl sites for hydroxylation is 1. The summed E-state index contributed by atoms with van der Waals surface area (Å²) in [6.07, 6.45) is 0. The van der Waals surface area contributed by atoms with Gasteiger partial charge in [0, 0.05) is 32.7 Å². The number of hydrogen-bond donors (Lipinski definition) is 1. The lowest BCUT2D eigenvalue weighted by atomic mass is 10.1. The topological polar surface area (TPSA) is 73.7 Å². The minimum Gasteiger partial charge on any atom is -0.319 e. The molecule has 0 spiro atoms. The number of benzene rings is 1. The Hall–Kier alpha value is -2.71. The molecule has 8 nitrogen and oxygen atoms in total. The fourth-order valence-corrected chi connectivity index (χ4v) is 4.39. The molecule has 1 fully saturated rings. The van der Waals surface area contributed by atoms with Crippen LogP contribution in [0.4, 0.5) is 17.1 Å². The second-order valence-electron chi connectivity index (χ2n) is 8.64. The molecule has 1 N–H and O–H groups in total. The van der Waals surface area contributed by atoms with Crippen LogP contribution in [0.5, 0.6) is 0 Å². The summed E-state index contributed by atoms with van der Waals surface area (Å²) < 4.78 is 1.59. The van der Waals surface area contributed by atoms with Crippen molar-refractivity contribution in [1.29, 1.82) is 0 Å². The zero-order chi connectivity index (χ0) is 21.6. The molecule has 2 aromatic rings. The minimum atomic E-state index is -0.248. The number of rotatable bonds is 3. The van der Waals surface area contributed by atoms with Crippen molar-refractivity contribution in [3.05, 3.63) is 35.7 Å². The summed E-state index contributed by atoms with van der Waals surface area (Å²) in [6.45, 7) is 9.21. The van der Waals surface area contributed by atoms with Crippen LogP contribution < -0.4 is 10.2 Å². The van der Waals surface area contributed by atoms with Gasteiger partial charge >= 0.3 is 0 Å². The first-order chi connectivity index (χ1) is 14.3. The average Bonchev–Trinajstić information content (AvgIpc) is 2.96. The number of amides is 2. The van der Waals surface area contributed by atoms with Crippen LogP contribution >= 0.6 is 0 Å². The Morgan fingerprint density at radius 3 is 2.67 bits per heavy atom. The molecule has 30 heavy (non-hydrogen) atoms. The lowest BCUT2D eigenvalue weighted by molar-refractivity contribution is -0.120. The normalized spacial score (nSPS) is 20.0. The van der Waals surface area contributed by atoms with Gasteiger partial charge in [-0.1, -0.05) is 26.0 Å². The second-order valence-corrected chi connectivity index (χ2v) is 8.64. The maximum Gasteiger partial charge on any atom is 0.276 e. The molecule has 2 aliphatic rings. The van der Waals surface area contributed by atoms with Gasteiger partial charge in [-0.3, -0.25) is 24.1 Å². The molecule has 0 saturated carbocycles. The van der Waals surface area contributed by atoms with Crippen LogP contribution in [0.2, 0.25) is 0 Å². The van der Waals surface area contributed by atoms with Crippen LogP contribution in [-0.2, 0) is 11.8 Å². The first-order valence-electron chi connectivity index (χ1n) is 10.5. The molecule has 1 saturated heterocycles. The predicted molar refractivity (Wildman–Crippen MR) is 117 cm³/mol. The maximum atomic E-state index is 13.8. The maximum absolute atomic E-state index is 13.8. The van der Waals surface area contributed by atoms with Crippen molar-refractivity contribution in [3.8, 4) is 0 Å². The first-order valence-corrected chi connectivity index (χ1v) is 10.5. The summed E-state index contributed by atoms with van der Waals surface area (Å²) in [6, 6.07) is 7.75. The Balaban J connectivity index is 1.81. The number of likely N-dealkylation sites (N-methyl/N-ethyl adjacent to an activating group) is 1. The van der Waals surface area contributed by atoms with Crippen molar-refractivity contribution in [3.63, 3.8) is 0 Å². The summed E-state index contributed by atoms with van der Waals surface area (Å²) in [5.41, 5.74) is 3.08. The number of nitrogens with zero attached hydrogens (tertiary/aromatic N) is 5. The first kappa shape index (κ1) is 20.6. The monoisotopic (exact) mass is 410 g/mol. The molecule has 4 rings (SSSR count). The molecule has 0 bridgehead atoms. The number of carbonyl (C=O) groups excluding carboxylic acids is 2. The van der Waals surface area contributed by atoms with Crippen LogP contribution in [0.1, 0.15) is 42.9 Å². The van der Waals surface area contributed by atoms with E-state index in [1.807, 2.05) is 38.1 Å². The number of piperazine rings is 1. The van der Waals surface area contributed by atoms with E-state index in [9.17, 15) is 9.59 Å². The Bertz CT molecular complexity index is 982. The van der Waals surface area contributed by atoms with Crippen LogP contribution in [0, 0.1) is 0 Å². The van der Waals surface area contributed by atoms with E-state index in [0.717, 1.165) is 25.3 Å². The highest BCUT2D eigenvalue weighted by atomic mass is 16.2. The predicted octanol–water partition coefficient (Wildman–Crippen LogP) is 2.41. The summed E-state index contributed by atoms with van der Waals surface area (Å²) in [5.74, 6) is -0.231. The molecule has 0 radical (unpaired) electrons. The van der Waals surface area contributed by atoms with E-state index in [1.165, 1.54) is 0 Å². The van der Waals surface area contributed by atoms with E-state index >= 15 is 0 Å². The second kappa shape index (κ2) is 7.85. The van der Waals surface area contributed by atoms with Gasteiger partial charge in [0.05, 0.1) is 23.6 Å². The van der Waals surface area contributed by atoms with Gasteiger partial charge in [0.25, 0.3) is 5.91 Å². The smallest absolute Gasteiger partial charge is 0.276 e. The molecule has 160 valence electrons. The Labute approximate surface area is 177 Å². The van der Waals surface area contributed by atoms with Gasteiger partial charge < -0.3 is 10.2 Å². The van der Waals surface area contributed by atoms with Crippen molar-refractivity contribution < 1.29 is 9.59 Å². The number of anilines is 3. The molecule has 3 heterocycles. The van der Waals surface area contributed by atoms with Crippen LogP contribution in [0.3, 0.4) is 0 Å². The molecule has 1 atom stereocenters. The standard InChI is InChI=1S/C22H30N6O2/c1-14(2)19-20-21(26(5)24-19)22(30)23-16-8-6-7-9-17(16)28(20)18(29)13-27-11-10-25(4)12-15(27)3/h6-9,14-15H,10-13H2,1-5H3,(H,23,30). The highest BCUT2D eigenvalue weighted by Crippen LogP contribution is 2.41. The van der Waals surface area contributed by atoms with Gasteiger partial charge in [-0.05, 0) is 32.0 Å². The number of para-hydroxylation sites is 2. The molecule has 1 unspecified atom stereocenters. The summed E-state index contributed by atoms with van der Waals surface area (Å²) in [4.78, 5) is 33.0. The summed E-state index contributed by atoms with van der Waals surface area (Å²) in [5, 5.41) is 7.56. The fourth-order valence-electron chi connectivity index (χ4n) is 4.39. The van der Waals surface area contributed by atoms with E-state index in [-0.39, 0.29) is 23.8 Å². The van der Waals surface area contributed by atoms with E-state index in [0.29, 0.717) is 29.3 Å². The van der Waals surface area contributed by atoms with E-state index < -0.39 is 0 Å². The highest BCUT2D eigenvalue weighted by Gasteiger charge is 2.37. The molecule has 2 amide bonds. The third-order valence-electron chi connectivity index (χ3n) is 5.98. The van der Waals surface area contributed by atoms with Crippen LogP contribution in [0.15, 0.2) is 24.3 Å². The zero-order valence-electron chi connectivity index (χ0n) is 18.3. The van der Waals surface area contributed by atoms with Crippen molar-refractivity contribution >= 4 is 28.9 Å². The minimum absolute atomic E-state index is 0.0495. The van der Waals surface area contributed by atoms with Gasteiger partial charge in [0.15, 0.2) is 5.69 Å². The summed E-state index contributed by atoms with van der Waals surface area (Å²) >= 11 is 0. The zero-order valence-corrected chi connectivity index (χ0v) is 18.3. The third kappa shape index (κ3) is 3.50. The molecular formula is C22H30N6O2. The quantitative estimate of drug-likeness (QED) is 0.841. The van der Waals surface area contributed by atoms with E-state index in [2.05, 4.69) is 34.2 Å². The molecule has 1 aromatic carbocycles. The molecule has 8 heteroatoms. The Kier molecular flexibility index (Phi) is 5.38. The molecule has 0 aliphatic carbocycles. The van der Waals surface area contributed by atoms with Crippen molar-refractivity contribution in [2.45, 2.75) is 32.7 Å². The SMILES string of the molecule is CC(C)c1nn(C)c2c1N(C(=O)CN1CCN(C)CC1C)c1ccccc1NC2=O. The fraction of sp³-hybridized carbons (Fsp3) is 0.500. The van der Waals surface area contributed by atoms with Crippen LogP contribution in [-0.4, -0.2) is 70.7 Å². The van der Waals surface area contributed by atoms with Crippen molar-refractivity contribution in [2.75, 3.05) is 43.4 Å².